The number of amides is 1. The Hall–Kier alpha value is 1.35. The van der Waals surface area contributed by atoms with E-state index in [9.17, 15) is 9.59 Å². The van der Waals surface area contributed by atoms with Gasteiger partial charge in [0, 0.05) is 12.7 Å². The van der Waals surface area contributed by atoms with E-state index in [0.29, 0.717) is 0 Å². The largest absolute Gasteiger partial charge is 1.00 e. The molecule has 0 aromatic carbocycles. The van der Waals surface area contributed by atoms with Crippen molar-refractivity contribution >= 4 is 45.3 Å². The molecule has 0 aliphatic heterocycles. The maximum Gasteiger partial charge on any atom is 1.00 e. The van der Waals surface area contributed by atoms with Gasteiger partial charge in [-0.3, -0.25) is 13.2 Å². The van der Waals surface area contributed by atoms with Gasteiger partial charge in [0.15, 0.2) is 0 Å². The Morgan fingerprint density at radius 1 is 1.18 bits per heavy atom. The third kappa shape index (κ3) is 68.6. The minimum Gasteiger partial charge on any atom is -0.768 e. The molecule has 1 atom stereocenters. The zero-order chi connectivity index (χ0) is 12.6. The first-order valence-electron chi connectivity index (χ1n) is 3.35. The van der Waals surface area contributed by atoms with E-state index in [1.807, 2.05) is 0 Å². The minimum atomic E-state index is -4.33. The van der Waals surface area contributed by atoms with Crippen LogP contribution >= 0.6 is 12.6 Å². The predicted molar refractivity (Wildman–Crippen MR) is 74.2 cm³/mol. The second-order valence-corrected chi connectivity index (χ2v) is 4.59. The minimum absolute atomic E-state index is 0. The molecule has 0 aromatic rings. The van der Waals surface area contributed by atoms with Crippen molar-refractivity contribution in [2.24, 2.45) is 0 Å². The van der Waals surface area contributed by atoms with Crippen molar-refractivity contribution in [2.45, 2.75) is 13.0 Å². The first-order valence-corrected chi connectivity index (χ1v) is 6.32. The van der Waals surface area contributed by atoms with Gasteiger partial charge in [0.25, 0.3) is 0 Å². The van der Waals surface area contributed by atoms with Crippen LogP contribution in [0.1, 0.15) is 6.92 Å². The maximum atomic E-state index is 10.3. The quantitative estimate of drug-likeness (QED) is 0.132. The van der Waals surface area contributed by atoms with Crippen LogP contribution in [0.4, 0.5) is 0 Å². The summed E-state index contributed by atoms with van der Waals surface area (Å²) in [5.74, 6) is -1.32. The van der Waals surface area contributed by atoms with Crippen LogP contribution in [0.3, 0.4) is 0 Å². The Bertz CT molecular complexity index is 320. The Balaban J connectivity index is -0.0000000183. The molecule has 0 saturated heterocycles. The molecule has 0 saturated carbocycles. The summed E-state index contributed by atoms with van der Waals surface area (Å²) in [5, 5.41) is 10.6. The molecule has 0 fully saturated rings. The number of carbonyl (C=O) groups is 2. The van der Waals surface area contributed by atoms with Crippen molar-refractivity contribution in [2.75, 3.05) is 5.75 Å². The first-order chi connectivity index (χ1) is 6.57. The molecule has 0 spiro atoms. The molecule has 0 bridgehead atoms. The van der Waals surface area contributed by atoms with Crippen LogP contribution in [0, 0.1) is 0 Å². The van der Waals surface area contributed by atoms with Gasteiger partial charge in [-0.15, -0.1) is 0 Å². The van der Waals surface area contributed by atoms with Crippen LogP contribution in [0.5, 0.6) is 0 Å². The Labute approximate surface area is 181 Å². The summed E-state index contributed by atoms with van der Waals surface area (Å²) in [6.45, 7) is 1.26. The summed E-state index contributed by atoms with van der Waals surface area (Å²) < 4.78 is 26.7. The predicted octanol–water partition coefficient (Wildman–Crippen LogP) is -11.6. The zero-order valence-corrected chi connectivity index (χ0v) is 18.6. The van der Waals surface area contributed by atoms with Crippen molar-refractivity contribution in [1.29, 1.82) is 0 Å². The van der Waals surface area contributed by atoms with E-state index in [0.717, 1.165) is 0 Å². The van der Waals surface area contributed by atoms with E-state index in [1.165, 1.54) is 6.92 Å². The standard InChI is InChI=1S/C5H9NO3S.2Na.H2O3S2.5H2O/c1-3(7)6-4(2-10)5(8)9;;;1-5(2,3)4;;;;;/h4,10H,2H2,1H3,(H,6,7)(H,8,9);;;(H2,1,2,3,4);5*1H2/q;2*+1;;;;;;/p-2/t4-;;;;;;;;/m0......../s1. The normalized spacial score (nSPS) is 8.18. The molecule has 12 nitrogen and oxygen atoms in total. The number of nitrogens with one attached hydrogen (secondary N) is 1. The Morgan fingerprint density at radius 3 is 1.45 bits per heavy atom. The summed E-state index contributed by atoms with van der Waals surface area (Å²) >= 11 is 6.98. The Kier molecular flexibility index (Phi) is 77.9. The SMILES string of the molecule is CC(=O)N[C@@H](CS)C(=O)O.O.O.O.O.O.O=S(=O)([O-])[S-].[Na+].[Na+]. The second kappa shape index (κ2) is 30.3. The molecule has 130 valence electrons. The van der Waals surface area contributed by atoms with E-state index >= 15 is 0 Å². The van der Waals surface area contributed by atoms with Crippen molar-refractivity contribution in [3.8, 4) is 0 Å². The average molecular weight is 411 g/mol. The maximum absolute atomic E-state index is 10.3. The van der Waals surface area contributed by atoms with Crippen LogP contribution in [0.2, 0.25) is 0 Å². The third-order valence-corrected chi connectivity index (χ3v) is 1.22. The van der Waals surface area contributed by atoms with Gasteiger partial charge in [-0.05, 0) is 9.15 Å². The van der Waals surface area contributed by atoms with Gasteiger partial charge in [0.1, 0.15) is 6.04 Å². The van der Waals surface area contributed by atoms with Gasteiger partial charge >= 0.3 is 65.1 Å². The molecule has 0 radical (unpaired) electrons. The summed E-state index contributed by atoms with van der Waals surface area (Å²) in [6.07, 6.45) is 0. The number of thiol groups is 1. The molecule has 0 heterocycles. The molecule has 0 aromatic heterocycles. The van der Waals surface area contributed by atoms with Crippen LogP contribution in [0.15, 0.2) is 0 Å². The van der Waals surface area contributed by atoms with Gasteiger partial charge in [0.05, 0.1) is 0 Å². The number of carboxylic acids is 1. The molecular formula is C5H19NNa2O11S3. The molecular weight excluding hydrogens is 392 g/mol. The van der Waals surface area contributed by atoms with Crippen LogP contribution in [-0.4, -0.2) is 69.1 Å². The molecule has 22 heavy (non-hydrogen) atoms. The fraction of sp³-hybridized carbons (Fsp3) is 0.600. The van der Waals surface area contributed by atoms with Crippen LogP contribution in [0.25, 0.3) is 0 Å². The molecule has 0 aliphatic rings. The second-order valence-electron chi connectivity index (χ2n) is 2.18. The smallest absolute Gasteiger partial charge is 0.768 e. The first kappa shape index (κ1) is 56.6. The fourth-order valence-electron chi connectivity index (χ4n) is 0.431. The van der Waals surface area contributed by atoms with Gasteiger partial charge in [-0.2, -0.15) is 12.6 Å². The van der Waals surface area contributed by atoms with E-state index in [2.05, 4.69) is 29.6 Å². The number of hydrogen-bond acceptors (Lipinski definition) is 7. The van der Waals surface area contributed by atoms with Crippen LogP contribution in [-0.2, 0) is 30.4 Å². The monoisotopic (exact) mass is 411 g/mol. The van der Waals surface area contributed by atoms with Crippen molar-refractivity contribution in [1.82, 2.24) is 5.32 Å². The topological polar surface area (TPSA) is 281 Å². The number of hydrogen-bond donors (Lipinski definition) is 3. The van der Waals surface area contributed by atoms with Crippen LogP contribution < -0.4 is 64.4 Å². The van der Waals surface area contributed by atoms with Gasteiger partial charge in [-0.25, -0.2) is 4.79 Å². The van der Waals surface area contributed by atoms with Gasteiger partial charge in [0.2, 0.25) is 5.91 Å². The number of rotatable bonds is 3. The number of carboxylic acid groups (broad SMARTS) is 1. The molecule has 0 aliphatic carbocycles. The number of aliphatic carboxylic acids is 1. The van der Waals surface area contributed by atoms with E-state index in [-0.39, 0.29) is 98.2 Å². The fourth-order valence-corrected chi connectivity index (χ4v) is 0.678. The molecule has 1 amide bonds. The van der Waals surface area contributed by atoms with Gasteiger partial charge in [-0.1, -0.05) is 0 Å². The zero-order valence-electron chi connectivity index (χ0n) is 12.0. The summed E-state index contributed by atoms with van der Waals surface area (Å²) in [6, 6.07) is -0.874. The van der Waals surface area contributed by atoms with Gasteiger partial charge < -0.3 is 54.0 Å². The molecule has 17 heteroatoms. The molecule has 0 unspecified atom stereocenters. The third-order valence-electron chi connectivity index (χ3n) is 0.858. The Morgan fingerprint density at radius 2 is 1.41 bits per heavy atom. The summed E-state index contributed by atoms with van der Waals surface area (Å²) in [5.41, 5.74) is 0. The summed E-state index contributed by atoms with van der Waals surface area (Å²) in [7, 11) is -4.33. The van der Waals surface area contributed by atoms with E-state index in [4.69, 9.17) is 18.1 Å². The molecule has 0 rings (SSSR count). The summed E-state index contributed by atoms with van der Waals surface area (Å²) in [4.78, 5) is 20.5. The average Bonchev–Trinajstić information content (AvgIpc) is 1.95. The van der Waals surface area contributed by atoms with Crippen molar-refractivity contribution < 1.29 is 114 Å². The van der Waals surface area contributed by atoms with E-state index < -0.39 is 21.2 Å². The van der Waals surface area contributed by atoms with E-state index in [1.54, 1.807) is 0 Å². The molecule has 12 N–H and O–H groups in total. The number of carbonyl (C=O) groups excluding carboxylic acids is 1. The van der Waals surface area contributed by atoms with Crippen molar-refractivity contribution in [3.63, 3.8) is 0 Å². The van der Waals surface area contributed by atoms with Crippen molar-refractivity contribution in [3.05, 3.63) is 0 Å².